The lowest BCUT2D eigenvalue weighted by Gasteiger charge is -2.13. The Bertz CT molecular complexity index is 976. The van der Waals surface area contributed by atoms with Gasteiger partial charge < -0.3 is 14.8 Å². The van der Waals surface area contributed by atoms with Gasteiger partial charge in [-0.1, -0.05) is 15.9 Å². The van der Waals surface area contributed by atoms with Crippen LogP contribution >= 0.6 is 38.5 Å². The normalized spacial score (nSPS) is 10.5. The fraction of sp³-hybridized carbons (Fsp3) is 0.150. The number of amides is 1. The van der Waals surface area contributed by atoms with Crippen LogP contribution in [0.5, 0.6) is 11.5 Å². The number of halogens is 2. The van der Waals surface area contributed by atoms with Gasteiger partial charge in [0.1, 0.15) is 17.7 Å². The van der Waals surface area contributed by atoms with Crippen LogP contribution in [0.1, 0.15) is 12.5 Å². The largest absolute Gasteiger partial charge is 0.490 e. The highest BCUT2D eigenvalue weighted by Gasteiger charge is 2.14. The average molecular weight is 552 g/mol. The van der Waals surface area contributed by atoms with E-state index in [0.29, 0.717) is 32.9 Å². The molecule has 28 heavy (non-hydrogen) atoms. The summed E-state index contributed by atoms with van der Waals surface area (Å²) in [6.45, 7) is 2.13. The van der Waals surface area contributed by atoms with Crippen LogP contribution in [0.15, 0.2) is 46.4 Å². The van der Waals surface area contributed by atoms with Crippen LogP contribution < -0.4 is 14.8 Å². The van der Waals surface area contributed by atoms with Gasteiger partial charge in [-0.15, -0.1) is 0 Å². The molecule has 0 unspecified atom stereocenters. The summed E-state index contributed by atoms with van der Waals surface area (Å²) >= 11 is 5.39. The van der Waals surface area contributed by atoms with Gasteiger partial charge in [-0.2, -0.15) is 10.5 Å². The average Bonchev–Trinajstić information content (AvgIpc) is 2.67. The van der Waals surface area contributed by atoms with Gasteiger partial charge in [0.05, 0.1) is 10.2 Å². The van der Waals surface area contributed by atoms with Crippen LogP contribution in [-0.4, -0.2) is 19.1 Å². The molecule has 2 aromatic carbocycles. The third-order valence-electron chi connectivity index (χ3n) is 3.39. The van der Waals surface area contributed by atoms with Gasteiger partial charge in [0.25, 0.3) is 5.91 Å². The lowest BCUT2D eigenvalue weighted by molar-refractivity contribution is -0.112. The first-order valence-electron chi connectivity index (χ1n) is 8.13. The summed E-state index contributed by atoms with van der Waals surface area (Å²) in [5, 5.41) is 20.8. The molecule has 0 aliphatic rings. The Morgan fingerprint density at radius 3 is 2.57 bits per heavy atom. The Hall–Kier alpha value is -2.56. The summed E-state index contributed by atoms with van der Waals surface area (Å²) in [5.74, 6) is 0.392. The number of nitrogens with one attached hydrogen (secondary N) is 1. The van der Waals surface area contributed by atoms with Crippen molar-refractivity contribution in [2.75, 3.05) is 18.5 Å². The molecule has 0 aliphatic carbocycles. The predicted octanol–water partition coefficient (Wildman–Crippen LogP) is 4.90. The molecular weight excluding hydrogens is 537 g/mol. The Balaban J connectivity index is 2.32. The molecule has 0 spiro atoms. The molecule has 0 saturated carbocycles. The van der Waals surface area contributed by atoms with Crippen molar-refractivity contribution in [2.45, 2.75) is 6.92 Å². The van der Waals surface area contributed by atoms with E-state index in [0.717, 1.165) is 4.47 Å². The molecule has 6 nitrogen and oxygen atoms in total. The van der Waals surface area contributed by atoms with Gasteiger partial charge in [0.2, 0.25) is 0 Å². The van der Waals surface area contributed by atoms with Crippen molar-refractivity contribution < 1.29 is 14.3 Å². The third-order valence-corrected chi connectivity index (χ3v) is 4.72. The van der Waals surface area contributed by atoms with Crippen LogP contribution in [0.25, 0.3) is 6.08 Å². The molecule has 0 heterocycles. The van der Waals surface area contributed by atoms with Crippen molar-refractivity contribution in [1.82, 2.24) is 0 Å². The Kier molecular flexibility index (Phi) is 8.30. The maximum absolute atomic E-state index is 12.4. The first kappa shape index (κ1) is 21.7. The second kappa shape index (κ2) is 10.7. The number of benzene rings is 2. The van der Waals surface area contributed by atoms with E-state index in [1.54, 1.807) is 36.4 Å². The standard InChI is InChI=1S/C20H15BrIN3O3/c1-2-27-18-11-13(10-17(22)19(18)28-8-7-23)9-14(12-24)20(26)25-16-5-3-15(21)4-6-16/h3-6,9-11H,2,8H2,1H3,(H,25,26)/b14-9+. The fourth-order valence-electron chi connectivity index (χ4n) is 2.23. The highest BCUT2D eigenvalue weighted by Crippen LogP contribution is 2.35. The molecule has 1 amide bonds. The summed E-state index contributed by atoms with van der Waals surface area (Å²) in [7, 11) is 0. The van der Waals surface area contributed by atoms with Crippen molar-refractivity contribution in [1.29, 1.82) is 10.5 Å². The Labute approximate surface area is 185 Å². The minimum atomic E-state index is -0.511. The van der Waals surface area contributed by atoms with Crippen LogP contribution in [0.4, 0.5) is 5.69 Å². The van der Waals surface area contributed by atoms with E-state index < -0.39 is 5.91 Å². The molecule has 142 valence electrons. The highest BCUT2D eigenvalue weighted by atomic mass is 127. The van der Waals surface area contributed by atoms with Gasteiger partial charge in [0.15, 0.2) is 18.1 Å². The number of ether oxygens (including phenoxy) is 2. The Morgan fingerprint density at radius 1 is 1.25 bits per heavy atom. The SMILES string of the molecule is CCOc1cc(/C=C(\C#N)C(=O)Nc2ccc(Br)cc2)cc(I)c1OCC#N. The zero-order valence-electron chi connectivity index (χ0n) is 14.8. The fourth-order valence-corrected chi connectivity index (χ4v) is 3.27. The van der Waals surface area contributed by atoms with Crippen molar-refractivity contribution in [3.8, 4) is 23.6 Å². The molecule has 0 fully saturated rings. The number of anilines is 1. The third kappa shape index (κ3) is 5.98. The smallest absolute Gasteiger partial charge is 0.266 e. The van der Waals surface area contributed by atoms with Crippen molar-refractivity contribution in [3.63, 3.8) is 0 Å². The summed E-state index contributed by atoms with van der Waals surface area (Å²) < 4.78 is 12.6. The number of nitriles is 2. The van der Waals surface area contributed by atoms with E-state index in [1.165, 1.54) is 6.08 Å². The minimum absolute atomic E-state index is 0.0492. The second-order valence-corrected chi connectivity index (χ2v) is 7.42. The molecule has 2 rings (SSSR count). The Morgan fingerprint density at radius 2 is 1.96 bits per heavy atom. The maximum Gasteiger partial charge on any atom is 0.266 e. The molecule has 2 aromatic rings. The molecule has 1 N–H and O–H groups in total. The first-order valence-corrected chi connectivity index (χ1v) is 10.0. The molecule has 0 saturated heterocycles. The quantitative estimate of drug-likeness (QED) is 0.300. The van der Waals surface area contributed by atoms with Gasteiger partial charge >= 0.3 is 0 Å². The zero-order valence-corrected chi connectivity index (χ0v) is 18.6. The van der Waals surface area contributed by atoms with Crippen LogP contribution in [-0.2, 0) is 4.79 Å². The molecule has 0 atom stereocenters. The molecule has 8 heteroatoms. The summed E-state index contributed by atoms with van der Waals surface area (Å²) in [6.07, 6.45) is 1.48. The number of carbonyl (C=O) groups is 1. The lowest BCUT2D eigenvalue weighted by Crippen LogP contribution is -2.13. The predicted molar refractivity (Wildman–Crippen MR) is 118 cm³/mol. The number of rotatable bonds is 7. The number of hydrogen-bond acceptors (Lipinski definition) is 5. The van der Waals surface area contributed by atoms with Gasteiger partial charge in [-0.3, -0.25) is 4.79 Å². The van der Waals surface area contributed by atoms with Crippen LogP contribution in [0.3, 0.4) is 0 Å². The summed E-state index contributed by atoms with van der Waals surface area (Å²) in [5.41, 5.74) is 1.14. The molecule has 0 radical (unpaired) electrons. The van der Waals surface area contributed by atoms with Crippen molar-refractivity contribution >= 4 is 56.2 Å². The van der Waals surface area contributed by atoms with Gasteiger partial charge in [-0.05, 0) is 77.6 Å². The van der Waals surface area contributed by atoms with Crippen LogP contribution in [0.2, 0.25) is 0 Å². The van der Waals surface area contributed by atoms with E-state index in [-0.39, 0.29) is 12.2 Å². The van der Waals surface area contributed by atoms with Crippen molar-refractivity contribution in [2.24, 2.45) is 0 Å². The molecule has 0 bridgehead atoms. The summed E-state index contributed by atoms with van der Waals surface area (Å²) in [6, 6.07) is 14.3. The second-order valence-electron chi connectivity index (χ2n) is 5.34. The van der Waals surface area contributed by atoms with Crippen molar-refractivity contribution in [3.05, 3.63) is 55.6 Å². The van der Waals surface area contributed by atoms with E-state index in [2.05, 4.69) is 43.8 Å². The van der Waals surface area contributed by atoms with E-state index in [9.17, 15) is 10.1 Å². The zero-order chi connectivity index (χ0) is 20.5. The topological polar surface area (TPSA) is 95.1 Å². The number of carbonyl (C=O) groups excluding carboxylic acids is 1. The minimum Gasteiger partial charge on any atom is -0.490 e. The first-order chi connectivity index (χ1) is 13.5. The van der Waals surface area contributed by atoms with E-state index in [1.807, 2.05) is 19.1 Å². The number of nitrogens with zero attached hydrogens (tertiary/aromatic N) is 2. The monoisotopic (exact) mass is 551 g/mol. The molecule has 0 aliphatic heterocycles. The van der Waals surface area contributed by atoms with E-state index >= 15 is 0 Å². The lowest BCUT2D eigenvalue weighted by atomic mass is 10.1. The molecule has 0 aromatic heterocycles. The van der Waals surface area contributed by atoms with Crippen LogP contribution in [0, 0.1) is 26.2 Å². The number of hydrogen-bond donors (Lipinski definition) is 1. The summed E-state index contributed by atoms with van der Waals surface area (Å²) in [4.78, 5) is 12.4. The maximum atomic E-state index is 12.4. The van der Waals surface area contributed by atoms with Gasteiger partial charge in [-0.25, -0.2) is 0 Å². The molecular formula is C20H15BrIN3O3. The highest BCUT2D eigenvalue weighted by molar-refractivity contribution is 14.1. The van der Waals surface area contributed by atoms with Gasteiger partial charge in [0, 0.05) is 10.2 Å². The van der Waals surface area contributed by atoms with E-state index in [4.69, 9.17) is 14.7 Å².